The average molecular weight is 456 g/mol. The van der Waals surface area contributed by atoms with Crippen LogP contribution in [-0.2, 0) is 14.3 Å². The van der Waals surface area contributed by atoms with Gasteiger partial charge >= 0.3 is 11.9 Å². The first-order valence-corrected chi connectivity index (χ1v) is 10.1. The van der Waals surface area contributed by atoms with Gasteiger partial charge in [0.25, 0.3) is 6.43 Å². The summed E-state index contributed by atoms with van der Waals surface area (Å²) in [7, 11) is 0. The maximum Gasteiger partial charge on any atom is 0.330 e. The van der Waals surface area contributed by atoms with Crippen molar-refractivity contribution in [3.8, 4) is 17.7 Å². The molecule has 0 bridgehead atoms. The van der Waals surface area contributed by atoms with Gasteiger partial charge in [-0.15, -0.1) is 0 Å². The smallest absolute Gasteiger partial charge is 0.330 e. The Balaban J connectivity index is 1.90. The lowest BCUT2D eigenvalue weighted by atomic mass is 9.80. The number of benzene rings is 1. The van der Waals surface area contributed by atoms with Crippen LogP contribution >= 0.6 is 0 Å². The molecule has 1 aliphatic rings. The number of carbonyl (C=O) groups excluding carboxylic acids is 1. The third-order valence-corrected chi connectivity index (χ3v) is 5.97. The maximum atomic E-state index is 12.5. The number of aliphatic carboxylic acids is 1. The normalized spacial score (nSPS) is 21.9. The van der Waals surface area contributed by atoms with Crippen LogP contribution in [-0.4, -0.2) is 35.1 Å². The Kier molecular flexibility index (Phi) is 6.77. The van der Waals surface area contributed by atoms with Crippen LogP contribution < -0.4 is 4.74 Å². The van der Waals surface area contributed by atoms with Crippen molar-refractivity contribution >= 4 is 11.9 Å². The zero-order valence-corrected chi connectivity index (χ0v) is 17.9. The number of esters is 1. The molecule has 2 aromatic rings. The van der Waals surface area contributed by atoms with E-state index in [0.717, 1.165) is 6.08 Å². The van der Waals surface area contributed by atoms with Crippen molar-refractivity contribution in [2.45, 2.75) is 26.2 Å². The van der Waals surface area contributed by atoms with E-state index in [1.165, 1.54) is 6.08 Å². The molecule has 9 heteroatoms. The summed E-state index contributed by atoms with van der Waals surface area (Å²) in [6, 6.07) is 15.7. The van der Waals surface area contributed by atoms with E-state index in [1.54, 1.807) is 56.3 Å². The van der Waals surface area contributed by atoms with Crippen molar-refractivity contribution in [1.29, 1.82) is 5.26 Å². The van der Waals surface area contributed by atoms with E-state index >= 15 is 0 Å². The highest BCUT2D eigenvalue weighted by Crippen LogP contribution is 2.75. The summed E-state index contributed by atoms with van der Waals surface area (Å²) in [4.78, 5) is 28.5. The molecular weight excluding hydrogens is 434 g/mol. The molecule has 1 fully saturated rings. The number of allylic oxidation sites excluding steroid dienone is 1. The van der Waals surface area contributed by atoms with Crippen LogP contribution in [0.3, 0.4) is 0 Å². The van der Waals surface area contributed by atoms with Crippen molar-refractivity contribution in [3.63, 3.8) is 0 Å². The number of rotatable bonds is 9. The molecule has 3 atom stereocenters. The lowest BCUT2D eigenvalue weighted by Crippen LogP contribution is -2.29. The monoisotopic (exact) mass is 456 g/mol. The van der Waals surface area contributed by atoms with Crippen LogP contribution in [0.1, 0.15) is 25.5 Å². The first-order valence-electron chi connectivity index (χ1n) is 10.1. The number of hydrogen-bond donors (Lipinski definition) is 1. The molecule has 7 nitrogen and oxygen atoms in total. The number of hydrogen-bond acceptors (Lipinski definition) is 6. The van der Waals surface area contributed by atoms with E-state index in [2.05, 4.69) is 15.8 Å². The van der Waals surface area contributed by atoms with Gasteiger partial charge < -0.3 is 14.6 Å². The molecule has 1 aromatic heterocycles. The Morgan fingerprint density at radius 3 is 2.52 bits per heavy atom. The molecule has 172 valence electrons. The lowest BCUT2D eigenvalue weighted by molar-refractivity contribution is -0.146. The van der Waals surface area contributed by atoms with Crippen LogP contribution in [0.5, 0.6) is 11.6 Å². The summed E-state index contributed by atoms with van der Waals surface area (Å²) in [6.45, 7) is 2.27. The first-order chi connectivity index (χ1) is 15.6. The quantitative estimate of drug-likeness (QED) is 0.435. The minimum atomic E-state index is -2.81. The third-order valence-electron chi connectivity index (χ3n) is 5.97. The van der Waals surface area contributed by atoms with Crippen molar-refractivity contribution in [2.24, 2.45) is 16.7 Å². The lowest BCUT2D eigenvalue weighted by Gasteiger charge is -2.21. The number of para-hydroxylation sites is 1. The minimum absolute atomic E-state index is 0.195. The number of carbonyl (C=O) groups is 2. The molecule has 1 heterocycles. The van der Waals surface area contributed by atoms with Gasteiger partial charge in [-0.1, -0.05) is 44.2 Å². The molecule has 1 saturated carbocycles. The van der Waals surface area contributed by atoms with Crippen LogP contribution in [0.15, 0.2) is 60.7 Å². The fourth-order valence-electron chi connectivity index (χ4n) is 4.34. The molecule has 0 aliphatic heterocycles. The topological polar surface area (TPSA) is 110 Å². The zero-order valence-electron chi connectivity index (χ0n) is 17.9. The van der Waals surface area contributed by atoms with Gasteiger partial charge in [-0.25, -0.2) is 18.6 Å². The van der Waals surface area contributed by atoms with Crippen LogP contribution in [0.2, 0.25) is 0 Å². The van der Waals surface area contributed by atoms with Crippen molar-refractivity contribution in [3.05, 3.63) is 66.4 Å². The van der Waals surface area contributed by atoms with Crippen LogP contribution in [0, 0.1) is 28.1 Å². The van der Waals surface area contributed by atoms with Gasteiger partial charge in [0, 0.05) is 18.1 Å². The number of nitriles is 1. The van der Waals surface area contributed by atoms with Crippen LogP contribution in [0.25, 0.3) is 0 Å². The summed E-state index contributed by atoms with van der Waals surface area (Å²) < 4.78 is 34.6. The number of aromatic nitrogens is 1. The number of nitrogens with zero attached hydrogens (tertiary/aromatic N) is 2. The van der Waals surface area contributed by atoms with E-state index in [9.17, 15) is 28.7 Å². The van der Waals surface area contributed by atoms with Gasteiger partial charge in [-0.2, -0.15) is 5.26 Å². The van der Waals surface area contributed by atoms with Gasteiger partial charge in [0.15, 0.2) is 6.61 Å². The zero-order chi connectivity index (χ0) is 24.2. The van der Waals surface area contributed by atoms with Gasteiger partial charge in [-0.3, -0.25) is 4.79 Å². The SMILES string of the molecule is CC1(C)[C@H](/C=C\C(=O)OCC(F)F)[C@@]1(C(=O)O)[C@@H](C#N)c1cccc(Oc2ccccc2)n1. The van der Waals surface area contributed by atoms with E-state index < -0.39 is 47.6 Å². The molecule has 0 spiro atoms. The predicted molar refractivity (Wildman–Crippen MR) is 113 cm³/mol. The first kappa shape index (κ1) is 23.9. The molecule has 1 aliphatic carbocycles. The second kappa shape index (κ2) is 9.36. The molecule has 33 heavy (non-hydrogen) atoms. The highest BCUT2D eigenvalue weighted by molar-refractivity contribution is 5.86. The number of pyridine rings is 1. The molecule has 3 rings (SSSR count). The Bertz CT molecular complexity index is 1100. The number of carboxylic acid groups (broad SMARTS) is 1. The van der Waals surface area contributed by atoms with E-state index in [-0.39, 0.29) is 11.6 Å². The molecule has 1 aromatic carbocycles. The number of carboxylic acids is 1. The van der Waals surface area contributed by atoms with Gasteiger partial charge in [0.1, 0.15) is 17.1 Å². The Morgan fingerprint density at radius 1 is 1.21 bits per heavy atom. The molecular formula is C24H22F2N2O5. The Hall–Kier alpha value is -3.80. The summed E-state index contributed by atoms with van der Waals surface area (Å²) in [6.07, 6.45) is -0.579. The van der Waals surface area contributed by atoms with E-state index in [1.807, 2.05) is 6.07 Å². The highest BCUT2D eigenvalue weighted by Gasteiger charge is 2.78. The second-order valence-electron chi connectivity index (χ2n) is 8.13. The summed E-state index contributed by atoms with van der Waals surface area (Å²) in [5.74, 6) is -3.44. The van der Waals surface area contributed by atoms with Crippen LogP contribution in [0.4, 0.5) is 8.78 Å². The highest BCUT2D eigenvalue weighted by atomic mass is 19.3. The molecule has 0 amide bonds. The maximum absolute atomic E-state index is 12.5. The second-order valence-corrected chi connectivity index (χ2v) is 8.13. The minimum Gasteiger partial charge on any atom is -0.481 e. The van der Waals surface area contributed by atoms with Gasteiger partial charge in [0.2, 0.25) is 5.88 Å². The standard InChI is InChI=1S/C24H22F2N2O5/c1-23(2)18(11-12-21(29)32-14-19(25)26)24(23,22(30)31)16(13-27)17-9-6-10-20(28-17)33-15-7-4-3-5-8-15/h3-12,16,18-19H,14H2,1-2H3,(H,30,31)/b12-11-/t16-,18-,24+/m0/s1. The summed E-state index contributed by atoms with van der Waals surface area (Å²) >= 11 is 0. The van der Waals surface area contributed by atoms with Crippen molar-refractivity contribution < 1.29 is 33.0 Å². The molecule has 0 saturated heterocycles. The molecule has 0 unspecified atom stereocenters. The molecule has 0 radical (unpaired) electrons. The van der Waals surface area contributed by atoms with Gasteiger partial charge in [-0.05, 0) is 23.6 Å². The Labute approximate surface area is 189 Å². The average Bonchev–Trinajstić information content (AvgIpc) is 3.27. The van der Waals surface area contributed by atoms with Gasteiger partial charge in [0.05, 0.1) is 11.8 Å². The summed E-state index contributed by atoms with van der Waals surface area (Å²) in [5, 5.41) is 20.1. The van der Waals surface area contributed by atoms with Crippen molar-refractivity contribution in [2.75, 3.05) is 6.61 Å². The largest absolute Gasteiger partial charge is 0.481 e. The number of alkyl halides is 2. The predicted octanol–water partition coefficient (Wildman–Crippen LogP) is 4.57. The molecule has 1 N–H and O–H groups in total. The fourth-order valence-corrected chi connectivity index (χ4v) is 4.34. The van der Waals surface area contributed by atoms with E-state index in [0.29, 0.717) is 5.75 Å². The third kappa shape index (κ3) is 4.55. The van der Waals surface area contributed by atoms with E-state index in [4.69, 9.17) is 4.74 Å². The number of ether oxygens (including phenoxy) is 2. The Morgan fingerprint density at radius 2 is 1.91 bits per heavy atom. The summed E-state index contributed by atoms with van der Waals surface area (Å²) in [5.41, 5.74) is -2.33. The van der Waals surface area contributed by atoms with Crippen molar-refractivity contribution in [1.82, 2.24) is 4.98 Å². The number of halogens is 2. The fraction of sp³-hybridized carbons (Fsp3) is 0.333.